The van der Waals surface area contributed by atoms with Gasteiger partial charge in [0, 0.05) is 12.1 Å². The van der Waals surface area contributed by atoms with Crippen LogP contribution >= 0.6 is 0 Å². The molecular formula is C28H26O6. The maximum absolute atomic E-state index is 10.3. The summed E-state index contributed by atoms with van der Waals surface area (Å²) in [5.74, 6) is 0.903. The monoisotopic (exact) mass is 458 g/mol. The summed E-state index contributed by atoms with van der Waals surface area (Å²) in [6.07, 6.45) is 2.51. The lowest BCUT2D eigenvalue weighted by Crippen LogP contribution is -1.95. The molecule has 0 unspecified atom stereocenters. The molecule has 0 aliphatic rings. The molecule has 4 aromatic rings. The van der Waals surface area contributed by atoms with E-state index in [9.17, 15) is 25.5 Å². The number of phenols is 5. The van der Waals surface area contributed by atoms with Gasteiger partial charge in [-0.2, -0.15) is 0 Å². The summed E-state index contributed by atoms with van der Waals surface area (Å²) in [5.41, 5.74) is 3.53. The molecule has 0 bridgehead atoms. The fourth-order valence-electron chi connectivity index (χ4n) is 3.86. The number of rotatable bonds is 8. The predicted molar refractivity (Wildman–Crippen MR) is 129 cm³/mol. The van der Waals surface area contributed by atoms with Crippen molar-refractivity contribution in [2.24, 2.45) is 0 Å². The Balaban J connectivity index is 1.46. The number of benzene rings is 4. The summed E-state index contributed by atoms with van der Waals surface area (Å²) in [7, 11) is 0. The Kier molecular flexibility index (Phi) is 6.78. The second-order valence-corrected chi connectivity index (χ2v) is 8.27. The van der Waals surface area contributed by atoms with Crippen molar-refractivity contribution < 1.29 is 30.3 Å². The maximum atomic E-state index is 10.3. The zero-order chi connectivity index (χ0) is 24.1. The number of ether oxygens (including phenoxy) is 1. The molecule has 0 spiro atoms. The Morgan fingerprint density at radius 3 is 1.71 bits per heavy atom. The molecule has 0 amide bonds. The highest BCUT2D eigenvalue weighted by molar-refractivity contribution is 5.47. The van der Waals surface area contributed by atoms with Crippen molar-refractivity contribution in [3.05, 3.63) is 101 Å². The quantitative estimate of drug-likeness (QED) is 0.236. The van der Waals surface area contributed by atoms with Gasteiger partial charge in [-0.05, 0) is 96.5 Å². The van der Waals surface area contributed by atoms with Gasteiger partial charge in [0.2, 0.25) is 0 Å². The molecule has 0 aliphatic heterocycles. The van der Waals surface area contributed by atoms with Gasteiger partial charge >= 0.3 is 0 Å². The van der Waals surface area contributed by atoms with E-state index in [0.717, 1.165) is 28.7 Å². The van der Waals surface area contributed by atoms with Crippen LogP contribution < -0.4 is 4.74 Å². The lowest BCUT2D eigenvalue weighted by atomic mass is 10.0. The maximum Gasteiger partial charge on any atom is 0.169 e. The third kappa shape index (κ3) is 6.13. The molecule has 0 aliphatic carbocycles. The second kappa shape index (κ2) is 10.1. The molecule has 5 N–H and O–H groups in total. The highest BCUT2D eigenvalue weighted by Gasteiger charge is 2.09. The van der Waals surface area contributed by atoms with Crippen LogP contribution in [0.1, 0.15) is 22.3 Å². The summed E-state index contributed by atoms with van der Waals surface area (Å²) in [5, 5.41) is 49.4. The Hall–Kier alpha value is -4.32. The van der Waals surface area contributed by atoms with Crippen LogP contribution in [0.4, 0.5) is 0 Å². The molecule has 4 aromatic carbocycles. The lowest BCUT2D eigenvalue weighted by molar-refractivity contribution is 0.406. The molecule has 0 radical (unpaired) electrons. The van der Waals surface area contributed by atoms with Gasteiger partial charge in [-0.25, -0.2) is 0 Å². The number of hydrogen-bond donors (Lipinski definition) is 5. The minimum absolute atomic E-state index is 0.00523. The van der Waals surface area contributed by atoms with E-state index >= 15 is 0 Å². The third-order valence-electron chi connectivity index (χ3n) is 5.48. The van der Waals surface area contributed by atoms with Crippen molar-refractivity contribution >= 4 is 0 Å². The standard InChI is InChI=1S/C28H26O6/c29-22-3-1-2-18(10-22)4-5-19-8-9-27(33)28(15-19)34-26-14-21(13-25(32)17-26)7-6-20-11-23(30)16-24(31)12-20/h1-3,8-17,29-33H,4-7H2. The van der Waals surface area contributed by atoms with E-state index in [4.69, 9.17) is 4.74 Å². The SMILES string of the molecule is Oc1cccc(CCc2ccc(O)c(Oc3cc(O)cc(CCc4cc(O)cc(O)c4)c3)c2)c1. The summed E-state index contributed by atoms with van der Waals surface area (Å²) < 4.78 is 5.90. The highest BCUT2D eigenvalue weighted by Crippen LogP contribution is 2.34. The van der Waals surface area contributed by atoms with E-state index in [2.05, 4.69) is 0 Å². The van der Waals surface area contributed by atoms with Crippen LogP contribution in [0.15, 0.2) is 78.9 Å². The zero-order valence-electron chi connectivity index (χ0n) is 18.5. The normalized spacial score (nSPS) is 10.8. The van der Waals surface area contributed by atoms with E-state index in [1.54, 1.807) is 54.6 Å². The topological polar surface area (TPSA) is 110 Å². The fourth-order valence-corrected chi connectivity index (χ4v) is 3.86. The third-order valence-corrected chi connectivity index (χ3v) is 5.48. The summed E-state index contributed by atoms with van der Waals surface area (Å²) >= 11 is 0. The minimum Gasteiger partial charge on any atom is -0.508 e. The van der Waals surface area contributed by atoms with Gasteiger partial charge in [0.25, 0.3) is 0 Å². The van der Waals surface area contributed by atoms with E-state index in [0.29, 0.717) is 25.0 Å². The first-order chi connectivity index (χ1) is 16.3. The molecule has 0 saturated carbocycles. The largest absolute Gasteiger partial charge is 0.508 e. The van der Waals surface area contributed by atoms with Gasteiger partial charge in [-0.1, -0.05) is 18.2 Å². The molecule has 6 nitrogen and oxygen atoms in total. The molecule has 6 heteroatoms. The average molecular weight is 459 g/mol. The molecule has 4 rings (SSSR count). The number of hydrogen-bond acceptors (Lipinski definition) is 6. The van der Waals surface area contributed by atoms with Crippen molar-refractivity contribution in [3.63, 3.8) is 0 Å². The van der Waals surface area contributed by atoms with Crippen molar-refractivity contribution in [1.29, 1.82) is 0 Å². The van der Waals surface area contributed by atoms with Gasteiger partial charge in [0.15, 0.2) is 11.5 Å². The van der Waals surface area contributed by atoms with Crippen LogP contribution in [0.25, 0.3) is 0 Å². The molecule has 174 valence electrons. The van der Waals surface area contributed by atoms with Gasteiger partial charge in [-0.15, -0.1) is 0 Å². The smallest absolute Gasteiger partial charge is 0.169 e. The summed E-state index contributed by atoms with van der Waals surface area (Å²) in [6.45, 7) is 0. The number of aromatic hydroxyl groups is 5. The van der Waals surface area contributed by atoms with Crippen LogP contribution in [0, 0.1) is 0 Å². The Morgan fingerprint density at radius 1 is 0.471 bits per heavy atom. The Morgan fingerprint density at radius 2 is 1.03 bits per heavy atom. The van der Waals surface area contributed by atoms with E-state index in [-0.39, 0.29) is 34.5 Å². The van der Waals surface area contributed by atoms with Crippen LogP contribution in [0.3, 0.4) is 0 Å². The van der Waals surface area contributed by atoms with E-state index < -0.39 is 0 Å². The summed E-state index contributed by atoms with van der Waals surface area (Å²) in [4.78, 5) is 0. The minimum atomic E-state index is -0.0127. The van der Waals surface area contributed by atoms with Crippen LogP contribution in [0.5, 0.6) is 40.2 Å². The van der Waals surface area contributed by atoms with Crippen LogP contribution in [-0.2, 0) is 25.7 Å². The van der Waals surface area contributed by atoms with Crippen molar-refractivity contribution in [1.82, 2.24) is 0 Å². The van der Waals surface area contributed by atoms with Crippen LogP contribution in [-0.4, -0.2) is 25.5 Å². The van der Waals surface area contributed by atoms with E-state index in [1.807, 2.05) is 12.1 Å². The van der Waals surface area contributed by atoms with Crippen molar-refractivity contribution in [2.45, 2.75) is 25.7 Å². The molecule has 0 aromatic heterocycles. The first kappa shape index (κ1) is 22.9. The Labute approximate surface area is 197 Å². The lowest BCUT2D eigenvalue weighted by Gasteiger charge is -2.12. The molecule has 0 atom stereocenters. The fraction of sp³-hybridized carbons (Fsp3) is 0.143. The van der Waals surface area contributed by atoms with E-state index in [1.165, 1.54) is 12.1 Å². The molecule has 0 fully saturated rings. The first-order valence-corrected chi connectivity index (χ1v) is 11.0. The molecule has 34 heavy (non-hydrogen) atoms. The first-order valence-electron chi connectivity index (χ1n) is 11.0. The van der Waals surface area contributed by atoms with Crippen molar-refractivity contribution in [3.8, 4) is 40.2 Å². The Bertz CT molecular complexity index is 1280. The second-order valence-electron chi connectivity index (χ2n) is 8.27. The van der Waals surface area contributed by atoms with Crippen molar-refractivity contribution in [2.75, 3.05) is 0 Å². The highest BCUT2D eigenvalue weighted by atomic mass is 16.5. The summed E-state index contributed by atoms with van der Waals surface area (Å²) in [6, 6.07) is 21.6. The van der Waals surface area contributed by atoms with Gasteiger partial charge < -0.3 is 30.3 Å². The average Bonchev–Trinajstić information content (AvgIpc) is 2.77. The predicted octanol–water partition coefficient (Wildman–Crippen LogP) is 5.58. The van der Waals surface area contributed by atoms with Crippen LogP contribution in [0.2, 0.25) is 0 Å². The molecule has 0 heterocycles. The van der Waals surface area contributed by atoms with Gasteiger partial charge in [-0.3, -0.25) is 0 Å². The number of aryl methyl sites for hydroxylation is 4. The molecular weight excluding hydrogens is 432 g/mol. The van der Waals surface area contributed by atoms with Gasteiger partial charge in [0.1, 0.15) is 28.7 Å². The van der Waals surface area contributed by atoms with Gasteiger partial charge in [0.05, 0.1) is 0 Å². The number of phenolic OH excluding ortho intramolecular Hbond substituents is 5. The zero-order valence-corrected chi connectivity index (χ0v) is 18.5. The molecule has 0 saturated heterocycles.